The molecular weight excluding hydrogens is 456 g/mol. The number of aryl methyl sites for hydroxylation is 1. The first-order valence-corrected chi connectivity index (χ1v) is 12.2. The quantitative estimate of drug-likeness (QED) is 0.269. The molecule has 0 radical (unpaired) electrons. The second-order valence-corrected chi connectivity index (χ2v) is 8.94. The molecule has 1 amide bonds. The molecule has 0 saturated carbocycles. The molecule has 2 aromatic carbocycles. The van der Waals surface area contributed by atoms with Crippen molar-refractivity contribution in [2.45, 2.75) is 37.9 Å². The molecule has 0 unspecified atom stereocenters. The zero-order valence-electron chi connectivity index (χ0n) is 18.3. The molecule has 0 atom stereocenters. The normalized spacial score (nSPS) is 11.0. The van der Waals surface area contributed by atoms with E-state index >= 15 is 0 Å². The molecular formula is C25H25ClN4O2S. The molecule has 0 bridgehead atoms. The molecule has 170 valence electrons. The van der Waals surface area contributed by atoms with Gasteiger partial charge in [0.25, 0.3) is 0 Å². The van der Waals surface area contributed by atoms with Gasteiger partial charge in [0.1, 0.15) is 5.76 Å². The van der Waals surface area contributed by atoms with Crippen molar-refractivity contribution < 1.29 is 9.21 Å². The maximum Gasteiger partial charge on any atom is 0.234 e. The number of hydrogen-bond acceptors (Lipinski definition) is 5. The zero-order chi connectivity index (χ0) is 23.0. The lowest BCUT2D eigenvalue weighted by molar-refractivity contribution is -0.113. The van der Waals surface area contributed by atoms with Crippen LogP contribution < -0.4 is 5.32 Å². The van der Waals surface area contributed by atoms with E-state index < -0.39 is 0 Å². The van der Waals surface area contributed by atoms with Crippen LogP contribution in [0.3, 0.4) is 0 Å². The van der Waals surface area contributed by atoms with Crippen molar-refractivity contribution >= 4 is 35.0 Å². The number of thioether (sulfide) groups is 1. The molecule has 4 rings (SSSR count). The minimum Gasteiger partial charge on any atom is -0.467 e. The third kappa shape index (κ3) is 6.06. The van der Waals surface area contributed by atoms with Gasteiger partial charge in [0.2, 0.25) is 5.91 Å². The van der Waals surface area contributed by atoms with Crippen molar-refractivity contribution in [1.29, 1.82) is 0 Å². The summed E-state index contributed by atoms with van der Waals surface area (Å²) in [6, 6.07) is 19.2. The van der Waals surface area contributed by atoms with Crippen LogP contribution in [0.25, 0.3) is 11.4 Å². The first kappa shape index (κ1) is 23.1. The molecule has 33 heavy (non-hydrogen) atoms. The Kier molecular flexibility index (Phi) is 7.86. The van der Waals surface area contributed by atoms with Crippen molar-refractivity contribution in [3.05, 3.63) is 83.3 Å². The van der Waals surface area contributed by atoms with E-state index in [0.717, 1.165) is 29.9 Å². The highest BCUT2D eigenvalue weighted by molar-refractivity contribution is 7.99. The second-order valence-electron chi connectivity index (χ2n) is 7.59. The minimum atomic E-state index is -0.104. The summed E-state index contributed by atoms with van der Waals surface area (Å²) < 4.78 is 7.44. The van der Waals surface area contributed by atoms with E-state index in [2.05, 4.69) is 34.6 Å². The summed E-state index contributed by atoms with van der Waals surface area (Å²) in [5.74, 6) is 1.49. The standard InChI is InChI=1S/C25H25ClN4O2S/c1-2-3-7-18-11-13-19(14-12-18)27-23(31)17-33-25-29-28-24(21-9-4-5-10-22(21)26)30(25)16-20-8-6-15-32-20/h4-6,8-15H,2-3,7,16-17H2,1H3,(H,27,31). The summed E-state index contributed by atoms with van der Waals surface area (Å²) in [5.41, 5.74) is 2.84. The fraction of sp³-hybridized carbons (Fsp3) is 0.240. The highest BCUT2D eigenvalue weighted by Crippen LogP contribution is 2.30. The maximum atomic E-state index is 12.6. The summed E-state index contributed by atoms with van der Waals surface area (Å²) in [6.07, 6.45) is 5.01. The Bertz CT molecular complexity index is 1190. The molecule has 0 saturated heterocycles. The van der Waals surface area contributed by atoms with E-state index in [0.29, 0.717) is 22.5 Å². The molecule has 2 heterocycles. The lowest BCUT2D eigenvalue weighted by Crippen LogP contribution is -2.14. The number of aromatic nitrogens is 3. The summed E-state index contributed by atoms with van der Waals surface area (Å²) in [4.78, 5) is 12.6. The Morgan fingerprint density at radius 3 is 2.64 bits per heavy atom. The molecule has 2 aromatic heterocycles. The van der Waals surface area contributed by atoms with Gasteiger partial charge < -0.3 is 9.73 Å². The molecule has 0 fully saturated rings. The minimum absolute atomic E-state index is 0.104. The van der Waals surface area contributed by atoms with Gasteiger partial charge in [0.15, 0.2) is 11.0 Å². The van der Waals surface area contributed by atoms with E-state index in [1.54, 1.807) is 6.26 Å². The van der Waals surface area contributed by atoms with E-state index in [1.807, 2.05) is 53.1 Å². The Morgan fingerprint density at radius 2 is 1.91 bits per heavy atom. The number of amides is 1. The van der Waals surface area contributed by atoms with Crippen LogP contribution in [-0.4, -0.2) is 26.4 Å². The van der Waals surface area contributed by atoms with Gasteiger partial charge in [-0.25, -0.2) is 0 Å². The lowest BCUT2D eigenvalue weighted by Gasteiger charge is -2.10. The molecule has 6 nitrogen and oxygen atoms in total. The van der Waals surface area contributed by atoms with Gasteiger partial charge in [-0.1, -0.05) is 61.0 Å². The Hall–Kier alpha value is -3.03. The predicted molar refractivity (Wildman–Crippen MR) is 133 cm³/mol. The third-order valence-corrected chi connectivity index (χ3v) is 6.41. The van der Waals surface area contributed by atoms with Gasteiger partial charge in [-0.05, 0) is 54.8 Å². The van der Waals surface area contributed by atoms with Crippen molar-refractivity contribution in [3.8, 4) is 11.4 Å². The van der Waals surface area contributed by atoms with Crippen LogP contribution in [-0.2, 0) is 17.8 Å². The molecule has 0 aliphatic heterocycles. The Balaban J connectivity index is 1.46. The SMILES string of the molecule is CCCCc1ccc(NC(=O)CSc2nnc(-c3ccccc3Cl)n2Cc2ccco2)cc1. The first-order valence-electron chi connectivity index (χ1n) is 10.9. The van der Waals surface area contributed by atoms with Crippen LogP contribution in [0.1, 0.15) is 31.1 Å². The number of halogens is 1. The summed E-state index contributed by atoms with van der Waals surface area (Å²) in [7, 11) is 0. The Morgan fingerprint density at radius 1 is 1.09 bits per heavy atom. The van der Waals surface area contributed by atoms with E-state index in [-0.39, 0.29) is 11.7 Å². The second kappa shape index (κ2) is 11.2. The summed E-state index contributed by atoms with van der Waals surface area (Å²) >= 11 is 7.73. The fourth-order valence-electron chi connectivity index (χ4n) is 3.40. The van der Waals surface area contributed by atoms with Crippen molar-refractivity contribution in [3.63, 3.8) is 0 Å². The van der Waals surface area contributed by atoms with Crippen LogP contribution in [0.15, 0.2) is 76.5 Å². The van der Waals surface area contributed by atoms with Crippen LogP contribution in [0, 0.1) is 0 Å². The van der Waals surface area contributed by atoms with Gasteiger partial charge >= 0.3 is 0 Å². The van der Waals surface area contributed by atoms with Crippen LogP contribution in [0.5, 0.6) is 0 Å². The van der Waals surface area contributed by atoms with Gasteiger partial charge in [0.05, 0.1) is 23.6 Å². The average molecular weight is 481 g/mol. The number of nitrogens with zero attached hydrogens (tertiary/aromatic N) is 3. The molecule has 0 aliphatic rings. The fourth-order valence-corrected chi connectivity index (χ4v) is 4.36. The summed E-state index contributed by atoms with van der Waals surface area (Å²) in [6.45, 7) is 2.61. The number of carbonyl (C=O) groups excluding carboxylic acids is 1. The lowest BCUT2D eigenvalue weighted by atomic mass is 10.1. The number of furan rings is 1. The smallest absolute Gasteiger partial charge is 0.234 e. The maximum absolute atomic E-state index is 12.6. The zero-order valence-corrected chi connectivity index (χ0v) is 19.9. The van der Waals surface area contributed by atoms with Crippen LogP contribution >= 0.6 is 23.4 Å². The molecule has 1 N–H and O–H groups in total. The Labute approximate surface area is 202 Å². The van der Waals surface area contributed by atoms with Crippen LogP contribution in [0.2, 0.25) is 5.02 Å². The number of nitrogens with one attached hydrogen (secondary N) is 1. The number of unbranched alkanes of at least 4 members (excludes halogenated alkanes) is 1. The number of benzene rings is 2. The molecule has 4 aromatic rings. The van der Waals surface area contributed by atoms with E-state index in [1.165, 1.54) is 23.7 Å². The molecule has 8 heteroatoms. The van der Waals surface area contributed by atoms with Gasteiger partial charge in [-0.15, -0.1) is 10.2 Å². The van der Waals surface area contributed by atoms with Crippen molar-refractivity contribution in [2.75, 3.05) is 11.1 Å². The number of rotatable bonds is 10. The van der Waals surface area contributed by atoms with Gasteiger partial charge in [-0.2, -0.15) is 0 Å². The number of anilines is 1. The number of carbonyl (C=O) groups is 1. The van der Waals surface area contributed by atoms with Crippen molar-refractivity contribution in [1.82, 2.24) is 14.8 Å². The van der Waals surface area contributed by atoms with Gasteiger partial charge in [0, 0.05) is 11.3 Å². The van der Waals surface area contributed by atoms with Crippen LogP contribution in [0.4, 0.5) is 5.69 Å². The highest BCUT2D eigenvalue weighted by Gasteiger charge is 2.18. The molecule has 0 spiro atoms. The highest BCUT2D eigenvalue weighted by atomic mass is 35.5. The van der Waals surface area contributed by atoms with E-state index in [9.17, 15) is 4.79 Å². The first-order chi connectivity index (χ1) is 16.1. The summed E-state index contributed by atoms with van der Waals surface area (Å²) in [5, 5.41) is 12.8. The largest absolute Gasteiger partial charge is 0.467 e. The molecule has 0 aliphatic carbocycles. The average Bonchev–Trinajstić information content (AvgIpc) is 3.48. The van der Waals surface area contributed by atoms with Crippen molar-refractivity contribution in [2.24, 2.45) is 0 Å². The monoisotopic (exact) mass is 480 g/mol. The predicted octanol–water partition coefficient (Wildman–Crippen LogP) is 6.31. The third-order valence-electron chi connectivity index (χ3n) is 5.11. The number of hydrogen-bond donors (Lipinski definition) is 1. The van der Waals surface area contributed by atoms with E-state index in [4.69, 9.17) is 16.0 Å². The van der Waals surface area contributed by atoms with Gasteiger partial charge in [-0.3, -0.25) is 9.36 Å². The topological polar surface area (TPSA) is 73.0 Å².